The maximum Gasteiger partial charge on any atom is 0.235 e. The second-order valence-corrected chi connectivity index (χ2v) is 4.80. The molecule has 98 valence electrons. The molecule has 0 saturated heterocycles. The predicted molar refractivity (Wildman–Crippen MR) is 68.6 cm³/mol. The molecule has 0 radical (unpaired) electrons. The zero-order valence-electron chi connectivity index (χ0n) is 10.1. The minimum atomic E-state index is -0.610. The number of nitrogens with two attached hydrogens (primary N) is 1. The Morgan fingerprint density at radius 3 is 2.59 bits per heavy atom. The average Bonchev–Trinajstić information content (AvgIpc) is 2.21. The molecule has 5 nitrogen and oxygen atoms in total. The van der Waals surface area contributed by atoms with Gasteiger partial charge in [0.25, 0.3) is 0 Å². The fourth-order valence-electron chi connectivity index (χ4n) is 1.93. The van der Waals surface area contributed by atoms with Crippen molar-refractivity contribution in [3.05, 3.63) is 0 Å². The molecule has 1 aliphatic carbocycles. The second-order valence-electron chi connectivity index (χ2n) is 4.36. The lowest BCUT2D eigenvalue weighted by Crippen LogP contribution is -2.54. The number of hydrogen-bond acceptors (Lipinski definition) is 4. The standard InChI is InChI=1S/C11H20N2O3S/c1-13(5-7-16-8-6-14)10(15)11(9(12)17)3-2-4-11/h14H,2-8H2,1H3,(H2,12,17). The first-order chi connectivity index (χ1) is 8.04. The van der Waals surface area contributed by atoms with Crippen LogP contribution in [0.4, 0.5) is 0 Å². The average molecular weight is 260 g/mol. The highest BCUT2D eigenvalue weighted by molar-refractivity contribution is 7.80. The summed E-state index contributed by atoms with van der Waals surface area (Å²) in [4.78, 5) is 14.1. The summed E-state index contributed by atoms with van der Waals surface area (Å²) in [7, 11) is 1.73. The van der Waals surface area contributed by atoms with Crippen LogP contribution in [-0.4, -0.2) is 54.3 Å². The number of likely N-dealkylation sites (N-methyl/N-ethyl adjacent to an activating group) is 1. The van der Waals surface area contributed by atoms with Crippen LogP contribution in [0.3, 0.4) is 0 Å². The molecule has 1 saturated carbocycles. The summed E-state index contributed by atoms with van der Waals surface area (Å²) < 4.78 is 5.12. The van der Waals surface area contributed by atoms with Crippen LogP contribution in [0.1, 0.15) is 19.3 Å². The fraction of sp³-hybridized carbons (Fsp3) is 0.818. The van der Waals surface area contributed by atoms with Crippen molar-refractivity contribution in [2.45, 2.75) is 19.3 Å². The zero-order chi connectivity index (χ0) is 12.9. The Morgan fingerprint density at radius 2 is 2.18 bits per heavy atom. The van der Waals surface area contributed by atoms with Gasteiger partial charge in [-0.25, -0.2) is 0 Å². The third kappa shape index (κ3) is 3.14. The van der Waals surface area contributed by atoms with E-state index in [0.29, 0.717) is 24.7 Å². The number of thiocarbonyl (C=S) groups is 1. The number of hydrogen-bond donors (Lipinski definition) is 2. The van der Waals surface area contributed by atoms with Crippen LogP contribution in [0.25, 0.3) is 0 Å². The predicted octanol–water partition coefficient (Wildman–Crippen LogP) is -0.0899. The van der Waals surface area contributed by atoms with Crippen molar-refractivity contribution in [1.29, 1.82) is 0 Å². The minimum Gasteiger partial charge on any atom is -0.394 e. The van der Waals surface area contributed by atoms with Crippen LogP contribution in [0.15, 0.2) is 0 Å². The van der Waals surface area contributed by atoms with E-state index >= 15 is 0 Å². The van der Waals surface area contributed by atoms with Crippen molar-refractivity contribution in [1.82, 2.24) is 4.90 Å². The molecule has 0 atom stereocenters. The molecular weight excluding hydrogens is 240 g/mol. The number of amides is 1. The van der Waals surface area contributed by atoms with Crippen molar-refractivity contribution in [3.63, 3.8) is 0 Å². The molecule has 3 N–H and O–H groups in total. The molecule has 1 rings (SSSR count). The minimum absolute atomic E-state index is 0.00547. The second kappa shape index (κ2) is 6.28. The summed E-state index contributed by atoms with van der Waals surface area (Å²) >= 11 is 5.00. The van der Waals surface area contributed by atoms with Crippen molar-refractivity contribution in [2.75, 3.05) is 33.4 Å². The van der Waals surface area contributed by atoms with Gasteiger partial charge in [-0.15, -0.1) is 0 Å². The molecule has 1 aliphatic rings. The molecule has 0 unspecified atom stereocenters. The molecule has 6 heteroatoms. The van der Waals surface area contributed by atoms with Crippen LogP contribution in [-0.2, 0) is 9.53 Å². The summed E-state index contributed by atoms with van der Waals surface area (Å²) in [6.07, 6.45) is 2.50. The first-order valence-corrected chi connectivity index (χ1v) is 6.19. The van der Waals surface area contributed by atoms with E-state index in [-0.39, 0.29) is 12.5 Å². The highest BCUT2D eigenvalue weighted by Gasteiger charge is 2.48. The van der Waals surface area contributed by atoms with Gasteiger partial charge in [0.15, 0.2) is 0 Å². The Bertz CT molecular complexity index is 292. The normalized spacial score (nSPS) is 17.3. The molecule has 0 heterocycles. The third-order valence-corrected chi connectivity index (χ3v) is 3.63. The van der Waals surface area contributed by atoms with Gasteiger partial charge in [-0.3, -0.25) is 4.79 Å². The quantitative estimate of drug-likeness (QED) is 0.494. The smallest absolute Gasteiger partial charge is 0.235 e. The Labute approximate surface area is 107 Å². The first-order valence-electron chi connectivity index (χ1n) is 5.78. The number of carbonyl (C=O) groups excluding carboxylic acids is 1. The van der Waals surface area contributed by atoms with E-state index in [1.165, 1.54) is 0 Å². The maximum absolute atomic E-state index is 12.2. The van der Waals surface area contributed by atoms with Crippen LogP contribution >= 0.6 is 12.2 Å². The van der Waals surface area contributed by atoms with Gasteiger partial charge in [0, 0.05) is 13.6 Å². The Morgan fingerprint density at radius 1 is 1.53 bits per heavy atom. The van der Waals surface area contributed by atoms with Gasteiger partial charge in [0.1, 0.15) is 0 Å². The van der Waals surface area contributed by atoms with Crippen LogP contribution in [0.2, 0.25) is 0 Å². The van der Waals surface area contributed by atoms with E-state index in [1.807, 2.05) is 0 Å². The lowest BCUT2D eigenvalue weighted by Gasteiger charge is -2.41. The van der Waals surface area contributed by atoms with Gasteiger partial charge in [0.2, 0.25) is 5.91 Å². The van der Waals surface area contributed by atoms with Crippen molar-refractivity contribution in [3.8, 4) is 0 Å². The Hall–Kier alpha value is -0.720. The largest absolute Gasteiger partial charge is 0.394 e. The first kappa shape index (κ1) is 14.3. The number of aliphatic hydroxyl groups is 1. The zero-order valence-corrected chi connectivity index (χ0v) is 11.0. The van der Waals surface area contributed by atoms with Gasteiger partial charge >= 0.3 is 0 Å². The van der Waals surface area contributed by atoms with Gasteiger partial charge < -0.3 is 20.5 Å². The van der Waals surface area contributed by atoms with E-state index in [4.69, 9.17) is 27.8 Å². The topological polar surface area (TPSA) is 75.8 Å². The summed E-state index contributed by atoms with van der Waals surface area (Å²) in [5.41, 5.74) is 5.06. The molecular formula is C11H20N2O3S. The molecule has 0 aromatic heterocycles. The fourth-order valence-corrected chi connectivity index (χ4v) is 2.22. The van der Waals surface area contributed by atoms with E-state index in [2.05, 4.69) is 0 Å². The molecule has 0 aromatic rings. The van der Waals surface area contributed by atoms with E-state index < -0.39 is 5.41 Å². The maximum atomic E-state index is 12.2. The van der Waals surface area contributed by atoms with Crippen molar-refractivity contribution in [2.24, 2.45) is 11.1 Å². The van der Waals surface area contributed by atoms with Gasteiger partial charge in [0.05, 0.1) is 30.2 Å². The molecule has 1 amide bonds. The van der Waals surface area contributed by atoms with E-state index in [9.17, 15) is 4.79 Å². The van der Waals surface area contributed by atoms with Crippen LogP contribution < -0.4 is 5.73 Å². The van der Waals surface area contributed by atoms with Crippen LogP contribution in [0.5, 0.6) is 0 Å². The summed E-state index contributed by atoms with van der Waals surface area (Å²) in [6.45, 7) is 1.19. The van der Waals surface area contributed by atoms with Crippen LogP contribution in [0, 0.1) is 5.41 Å². The molecule has 0 aromatic carbocycles. The lowest BCUT2D eigenvalue weighted by molar-refractivity contribution is -0.141. The molecule has 0 spiro atoms. The highest BCUT2D eigenvalue weighted by Crippen LogP contribution is 2.42. The molecule has 0 bridgehead atoms. The molecule has 17 heavy (non-hydrogen) atoms. The van der Waals surface area contributed by atoms with Gasteiger partial charge in [-0.1, -0.05) is 18.6 Å². The summed E-state index contributed by atoms with van der Waals surface area (Å²) in [5, 5.41) is 8.55. The Kier molecular flexibility index (Phi) is 5.30. The summed E-state index contributed by atoms with van der Waals surface area (Å²) in [6, 6.07) is 0. The van der Waals surface area contributed by atoms with E-state index in [1.54, 1.807) is 11.9 Å². The van der Waals surface area contributed by atoms with Crippen molar-refractivity contribution < 1.29 is 14.6 Å². The number of nitrogens with zero attached hydrogens (tertiary/aromatic N) is 1. The highest BCUT2D eigenvalue weighted by atomic mass is 32.1. The lowest BCUT2D eigenvalue weighted by atomic mass is 9.67. The number of aliphatic hydroxyl groups excluding tert-OH is 1. The Balaban J connectivity index is 2.43. The monoisotopic (exact) mass is 260 g/mol. The number of ether oxygens (including phenoxy) is 1. The van der Waals surface area contributed by atoms with Gasteiger partial charge in [-0.2, -0.15) is 0 Å². The van der Waals surface area contributed by atoms with Crippen molar-refractivity contribution >= 4 is 23.1 Å². The summed E-state index contributed by atoms with van der Waals surface area (Å²) in [5.74, 6) is -0.0103. The third-order valence-electron chi connectivity index (χ3n) is 3.24. The SMILES string of the molecule is CN(CCOCCO)C(=O)C1(C(N)=S)CCC1. The number of rotatable bonds is 7. The van der Waals surface area contributed by atoms with E-state index in [0.717, 1.165) is 19.3 Å². The number of carbonyl (C=O) groups is 1. The van der Waals surface area contributed by atoms with Gasteiger partial charge in [-0.05, 0) is 12.8 Å². The molecule has 1 fully saturated rings. The molecule has 0 aliphatic heterocycles.